The number of nitrogens with zero attached hydrogens (tertiary/aromatic N) is 4. The summed E-state index contributed by atoms with van der Waals surface area (Å²) in [4.78, 5) is 9.81. The highest BCUT2D eigenvalue weighted by Gasteiger charge is 2.33. The number of anilines is 4. The van der Waals surface area contributed by atoms with Crippen LogP contribution in [0.25, 0.3) is 61.0 Å². The molecule has 0 N–H and O–H groups in total. The van der Waals surface area contributed by atoms with Crippen LogP contribution in [0.2, 0.25) is 0 Å². The fourth-order valence-electron chi connectivity index (χ4n) is 9.21. The summed E-state index contributed by atoms with van der Waals surface area (Å²) in [5.74, 6) is 2.31. The van der Waals surface area contributed by atoms with Crippen LogP contribution in [-0.2, 0) is 10.8 Å². The summed E-state index contributed by atoms with van der Waals surface area (Å²) in [5.41, 5.74) is 15.4. The zero-order valence-corrected chi connectivity index (χ0v) is 36.0. The number of pyridine rings is 1. The van der Waals surface area contributed by atoms with Gasteiger partial charge in [-0.25, -0.2) is 4.98 Å². The lowest BCUT2D eigenvalue weighted by molar-refractivity contribution is 0.482. The number of fused-ring (bicyclic) bond motifs is 1. The van der Waals surface area contributed by atoms with E-state index in [1.165, 1.54) is 39.1 Å². The molecule has 0 aliphatic carbocycles. The van der Waals surface area contributed by atoms with Gasteiger partial charge in [-0.15, -0.1) is 0 Å². The third-order valence-electron chi connectivity index (χ3n) is 12.4. The van der Waals surface area contributed by atoms with Gasteiger partial charge < -0.3 is 19.0 Å². The summed E-state index contributed by atoms with van der Waals surface area (Å²) >= 11 is 0. The molecule has 1 aliphatic rings. The maximum absolute atomic E-state index is 6.86. The predicted molar refractivity (Wildman–Crippen MR) is 256 cm³/mol. The molecule has 0 saturated heterocycles. The van der Waals surface area contributed by atoms with Crippen LogP contribution < -0.4 is 14.5 Å². The molecule has 62 heavy (non-hydrogen) atoms. The molecule has 6 nitrogen and oxygen atoms in total. The van der Waals surface area contributed by atoms with E-state index in [1.807, 2.05) is 24.4 Å². The van der Waals surface area contributed by atoms with Crippen LogP contribution in [0, 0.1) is 0 Å². The average Bonchev–Trinajstić information content (AvgIpc) is 3.96. The lowest BCUT2D eigenvalue weighted by Crippen LogP contribution is -2.25. The van der Waals surface area contributed by atoms with Crippen LogP contribution in [0.3, 0.4) is 0 Å². The highest BCUT2D eigenvalue weighted by atomic mass is 16.5. The molecule has 6 heteroatoms. The van der Waals surface area contributed by atoms with Gasteiger partial charge in [0.25, 0.3) is 0 Å². The molecule has 304 valence electrons. The second-order valence-corrected chi connectivity index (χ2v) is 18.5. The molecule has 3 aromatic heterocycles. The van der Waals surface area contributed by atoms with Gasteiger partial charge in [0, 0.05) is 41.2 Å². The summed E-state index contributed by atoms with van der Waals surface area (Å²) in [6, 6.07) is 58.3. The first-order valence-corrected chi connectivity index (χ1v) is 21.5. The van der Waals surface area contributed by atoms with Gasteiger partial charge in [0.1, 0.15) is 35.2 Å². The third kappa shape index (κ3) is 6.28. The fourth-order valence-corrected chi connectivity index (χ4v) is 9.21. The Hall–Kier alpha value is -7.31. The molecule has 10 aromatic rings. The summed E-state index contributed by atoms with van der Waals surface area (Å²) in [6.07, 6.45) is 1.91. The largest absolute Gasteiger partial charge is 0.457 e. The van der Waals surface area contributed by atoms with Gasteiger partial charge >= 0.3 is 0 Å². The Morgan fingerprint density at radius 3 is 1.89 bits per heavy atom. The number of hydrogen-bond acceptors (Lipinski definition) is 5. The van der Waals surface area contributed by atoms with E-state index in [-0.39, 0.29) is 10.8 Å². The zero-order chi connectivity index (χ0) is 42.3. The SMILES string of the molecule is CC(C)(C)c1ccnc(-n2c3cccc4oc5cc(Oc6cccc(N7CN(c8c(-c9ccccc9)cccc8-c8ccccc8)c8ccc(C(C)(C)C)cc87)c6)cc2c5c43)c1. The van der Waals surface area contributed by atoms with Gasteiger partial charge in [0.2, 0.25) is 0 Å². The van der Waals surface area contributed by atoms with Crippen molar-refractivity contribution in [3.8, 4) is 39.6 Å². The minimum Gasteiger partial charge on any atom is -0.457 e. The molecular formula is C56H48N4O2. The van der Waals surface area contributed by atoms with Gasteiger partial charge in [0.05, 0.1) is 38.9 Å². The summed E-state index contributed by atoms with van der Waals surface area (Å²) in [6.45, 7) is 14.2. The van der Waals surface area contributed by atoms with Crippen molar-refractivity contribution in [1.29, 1.82) is 0 Å². The molecule has 0 unspecified atom stereocenters. The van der Waals surface area contributed by atoms with E-state index in [1.54, 1.807) is 0 Å². The monoisotopic (exact) mass is 808 g/mol. The Labute approximate surface area is 362 Å². The maximum atomic E-state index is 6.86. The van der Waals surface area contributed by atoms with Crippen LogP contribution >= 0.6 is 0 Å². The van der Waals surface area contributed by atoms with E-state index in [4.69, 9.17) is 14.1 Å². The van der Waals surface area contributed by atoms with Crippen molar-refractivity contribution in [2.45, 2.75) is 52.4 Å². The van der Waals surface area contributed by atoms with Crippen molar-refractivity contribution in [2.24, 2.45) is 0 Å². The van der Waals surface area contributed by atoms with Gasteiger partial charge in [-0.2, -0.15) is 0 Å². The summed E-state index contributed by atoms with van der Waals surface area (Å²) < 4.78 is 15.6. The van der Waals surface area contributed by atoms with Gasteiger partial charge in [-0.1, -0.05) is 139 Å². The van der Waals surface area contributed by atoms with Crippen molar-refractivity contribution in [3.63, 3.8) is 0 Å². The van der Waals surface area contributed by atoms with Crippen molar-refractivity contribution < 1.29 is 9.15 Å². The Balaban J connectivity index is 1.02. The number of ether oxygens (including phenoxy) is 1. The maximum Gasteiger partial charge on any atom is 0.141 e. The Morgan fingerprint density at radius 2 is 1.18 bits per heavy atom. The number of para-hydroxylation sites is 1. The van der Waals surface area contributed by atoms with Crippen LogP contribution in [-0.4, -0.2) is 16.2 Å². The van der Waals surface area contributed by atoms with Gasteiger partial charge in [-0.05, 0) is 81.6 Å². The molecule has 0 amide bonds. The first-order chi connectivity index (χ1) is 30.0. The van der Waals surface area contributed by atoms with E-state index in [0.29, 0.717) is 12.4 Å². The van der Waals surface area contributed by atoms with Crippen molar-refractivity contribution in [3.05, 3.63) is 181 Å². The zero-order valence-electron chi connectivity index (χ0n) is 36.0. The third-order valence-corrected chi connectivity index (χ3v) is 12.4. The second-order valence-electron chi connectivity index (χ2n) is 18.5. The molecule has 0 fully saturated rings. The molecule has 4 heterocycles. The number of hydrogen-bond donors (Lipinski definition) is 0. The van der Waals surface area contributed by atoms with Crippen LogP contribution in [0.5, 0.6) is 11.5 Å². The highest BCUT2D eigenvalue weighted by Crippen LogP contribution is 2.51. The standard InChI is InChI=1S/C56H48N4O2/c1-55(2,3)38-26-27-45-47(30-38)58(35-59(45)54-43(36-16-9-7-10-17-36)22-14-23-44(54)37-18-11-8-12-19-37)40-20-13-21-41(32-40)61-42-33-48-53-50(34-42)62-49-25-15-24-46(52(49)53)60(48)51-31-39(28-29-57-51)56(4,5)6/h7-34H,35H2,1-6H3. The molecule has 7 aromatic carbocycles. The molecule has 11 rings (SSSR count). The molecule has 0 saturated carbocycles. The van der Waals surface area contributed by atoms with Gasteiger partial charge in [0.15, 0.2) is 0 Å². The smallest absolute Gasteiger partial charge is 0.141 e. The minimum absolute atomic E-state index is 0.0249. The number of benzene rings is 7. The number of rotatable bonds is 7. The van der Waals surface area contributed by atoms with E-state index in [9.17, 15) is 0 Å². The fraction of sp³-hybridized carbons (Fsp3) is 0.161. The molecule has 0 spiro atoms. The molecular weight excluding hydrogens is 761 g/mol. The van der Waals surface area contributed by atoms with E-state index in [0.717, 1.165) is 61.6 Å². The van der Waals surface area contributed by atoms with E-state index < -0.39 is 0 Å². The minimum atomic E-state index is -0.0371. The Morgan fingerprint density at radius 1 is 0.516 bits per heavy atom. The number of furan rings is 1. The Bertz CT molecular complexity index is 3220. The quantitative estimate of drug-likeness (QED) is 0.160. The van der Waals surface area contributed by atoms with E-state index in [2.05, 4.69) is 202 Å². The van der Waals surface area contributed by atoms with Gasteiger partial charge in [-0.3, -0.25) is 4.57 Å². The molecule has 0 atom stereocenters. The molecule has 1 aliphatic heterocycles. The lowest BCUT2D eigenvalue weighted by Gasteiger charge is -2.27. The normalized spacial score (nSPS) is 13.2. The highest BCUT2D eigenvalue weighted by molar-refractivity contribution is 6.23. The number of aromatic nitrogens is 2. The predicted octanol–water partition coefficient (Wildman–Crippen LogP) is 15.3. The first-order valence-electron chi connectivity index (χ1n) is 21.5. The summed E-state index contributed by atoms with van der Waals surface area (Å²) in [7, 11) is 0. The van der Waals surface area contributed by atoms with Crippen molar-refractivity contribution >= 4 is 55.7 Å². The summed E-state index contributed by atoms with van der Waals surface area (Å²) in [5, 5.41) is 2.18. The van der Waals surface area contributed by atoms with Crippen LogP contribution in [0.15, 0.2) is 174 Å². The average molecular weight is 809 g/mol. The van der Waals surface area contributed by atoms with Crippen LogP contribution in [0.1, 0.15) is 52.7 Å². The van der Waals surface area contributed by atoms with Crippen molar-refractivity contribution in [2.75, 3.05) is 16.5 Å². The van der Waals surface area contributed by atoms with E-state index >= 15 is 0 Å². The van der Waals surface area contributed by atoms with Crippen molar-refractivity contribution in [1.82, 2.24) is 9.55 Å². The Kier molecular flexibility index (Phi) is 8.59. The molecule has 0 radical (unpaired) electrons. The molecule has 0 bridgehead atoms. The topological polar surface area (TPSA) is 46.7 Å². The second kappa shape index (κ2) is 14.1. The lowest BCUT2D eigenvalue weighted by atomic mass is 9.86. The first kappa shape index (κ1) is 37.7. The van der Waals surface area contributed by atoms with Crippen LogP contribution in [0.4, 0.5) is 22.7 Å².